The Balaban J connectivity index is 0. The van der Waals surface area contributed by atoms with Gasteiger partial charge in [-0.2, -0.15) is 0 Å². The van der Waals surface area contributed by atoms with E-state index in [2.05, 4.69) is 0 Å². The predicted molar refractivity (Wildman–Crippen MR) is 34.7 cm³/mol. The summed E-state index contributed by atoms with van der Waals surface area (Å²) in [6.45, 7) is 2.04. The van der Waals surface area contributed by atoms with Crippen molar-refractivity contribution in [3.8, 4) is 0 Å². The van der Waals surface area contributed by atoms with E-state index in [4.69, 9.17) is 11.5 Å². The molecule has 0 spiro atoms. The van der Waals surface area contributed by atoms with Gasteiger partial charge in [-0.05, 0) is 0 Å². The molecule has 0 bridgehead atoms. The van der Waals surface area contributed by atoms with E-state index < -0.39 is 0 Å². The van der Waals surface area contributed by atoms with Gasteiger partial charge in [0, 0.05) is 12.5 Å². The van der Waals surface area contributed by atoms with Gasteiger partial charge in [0.2, 0.25) is 5.91 Å². The van der Waals surface area contributed by atoms with Crippen molar-refractivity contribution in [3.05, 3.63) is 0 Å². The highest BCUT2D eigenvalue weighted by Gasteiger charge is 2.02. The first-order valence-corrected chi connectivity index (χ1v) is 2.18. The first-order chi connectivity index (χ1) is 3.18. The number of carbonyl (C=O) groups excluding carboxylic acids is 1. The molecule has 0 saturated heterocycles. The van der Waals surface area contributed by atoms with Gasteiger partial charge >= 0.3 is 0 Å². The van der Waals surface area contributed by atoms with E-state index in [1.165, 1.54) is 0 Å². The van der Waals surface area contributed by atoms with Crippen LogP contribution in [0.15, 0.2) is 0 Å². The van der Waals surface area contributed by atoms with E-state index in [1.54, 1.807) is 6.92 Å². The van der Waals surface area contributed by atoms with Crippen LogP contribution in [0.5, 0.6) is 0 Å². The minimum atomic E-state index is -0.331. The molecule has 0 fully saturated rings. The fraction of sp³-hybridized carbons (Fsp3) is 0.750. The average Bonchev–Trinajstić information content (AvgIpc) is 1.65. The highest BCUT2D eigenvalue weighted by Crippen LogP contribution is 1.84. The second-order valence-electron chi connectivity index (χ2n) is 1.54. The summed E-state index contributed by atoms with van der Waals surface area (Å²) in [4.78, 5) is 10.1. The summed E-state index contributed by atoms with van der Waals surface area (Å²) in [7, 11) is 0. The lowest BCUT2D eigenvalue weighted by Gasteiger charge is -1.98. The summed E-state index contributed by atoms with van der Waals surface area (Å²) in [6.07, 6.45) is 0. The topological polar surface area (TPSA) is 69.1 Å². The molecule has 0 heterocycles. The molecule has 0 saturated carbocycles. The molecular formula is C4H11ClN2O. The highest BCUT2D eigenvalue weighted by atomic mass is 35.5. The summed E-state index contributed by atoms with van der Waals surface area (Å²) >= 11 is 0. The molecule has 4 heteroatoms. The fourth-order valence-electron chi connectivity index (χ4n) is 0.116. The van der Waals surface area contributed by atoms with Crippen molar-refractivity contribution in [1.82, 2.24) is 0 Å². The molecule has 1 amide bonds. The Bertz CT molecular complexity index is 76.4. The number of primary amides is 1. The van der Waals surface area contributed by atoms with Crippen LogP contribution in [-0.2, 0) is 4.79 Å². The molecule has 0 aliphatic carbocycles. The lowest BCUT2D eigenvalue weighted by Crippen LogP contribution is -2.26. The normalized spacial score (nSPS) is 11.8. The smallest absolute Gasteiger partial charge is 0.221 e. The molecule has 1 unspecified atom stereocenters. The highest BCUT2D eigenvalue weighted by molar-refractivity contribution is 5.85. The van der Waals surface area contributed by atoms with Gasteiger partial charge in [0.1, 0.15) is 0 Å². The van der Waals surface area contributed by atoms with E-state index in [0.29, 0.717) is 6.54 Å². The Morgan fingerprint density at radius 2 is 2.12 bits per heavy atom. The summed E-state index contributed by atoms with van der Waals surface area (Å²) in [5.74, 6) is -0.512. The Labute approximate surface area is 54.8 Å². The molecule has 0 aliphatic rings. The van der Waals surface area contributed by atoms with Gasteiger partial charge in [-0.25, -0.2) is 0 Å². The van der Waals surface area contributed by atoms with E-state index in [0.717, 1.165) is 0 Å². The minimum Gasteiger partial charge on any atom is -0.369 e. The molecule has 3 nitrogen and oxygen atoms in total. The zero-order valence-electron chi connectivity index (χ0n) is 4.76. The minimum absolute atomic E-state index is 0. The molecule has 0 aromatic rings. The number of hydrogen-bond acceptors (Lipinski definition) is 2. The number of amides is 1. The molecule has 8 heavy (non-hydrogen) atoms. The fourth-order valence-corrected chi connectivity index (χ4v) is 0.116. The van der Waals surface area contributed by atoms with Gasteiger partial charge in [-0.3, -0.25) is 4.79 Å². The van der Waals surface area contributed by atoms with Crippen LogP contribution < -0.4 is 11.5 Å². The molecule has 0 radical (unpaired) electrons. The van der Waals surface area contributed by atoms with Gasteiger partial charge in [-0.1, -0.05) is 6.92 Å². The van der Waals surface area contributed by atoms with Gasteiger partial charge in [0.05, 0.1) is 0 Å². The lowest BCUT2D eigenvalue weighted by molar-refractivity contribution is -0.120. The number of rotatable bonds is 2. The van der Waals surface area contributed by atoms with Crippen molar-refractivity contribution < 1.29 is 4.79 Å². The molecule has 1 atom stereocenters. The van der Waals surface area contributed by atoms with Crippen molar-refractivity contribution in [1.29, 1.82) is 0 Å². The molecule has 0 rings (SSSR count). The van der Waals surface area contributed by atoms with E-state index in [-0.39, 0.29) is 24.2 Å². The van der Waals surface area contributed by atoms with Gasteiger partial charge in [0.15, 0.2) is 0 Å². The average molecular weight is 139 g/mol. The number of carbonyl (C=O) groups is 1. The predicted octanol–water partition coefficient (Wildman–Crippen LogP) is -0.512. The van der Waals surface area contributed by atoms with Crippen LogP contribution >= 0.6 is 12.4 Å². The van der Waals surface area contributed by atoms with Crippen molar-refractivity contribution in [2.24, 2.45) is 17.4 Å². The van der Waals surface area contributed by atoms with Crippen LogP contribution in [0, 0.1) is 5.92 Å². The first kappa shape index (κ1) is 10.7. The van der Waals surface area contributed by atoms with E-state index >= 15 is 0 Å². The zero-order valence-corrected chi connectivity index (χ0v) is 5.57. The second-order valence-corrected chi connectivity index (χ2v) is 1.54. The third-order valence-electron chi connectivity index (χ3n) is 0.839. The first-order valence-electron chi connectivity index (χ1n) is 2.18. The quantitative estimate of drug-likeness (QED) is 0.540. The standard InChI is InChI=1S/C4H10N2O.ClH/c1-3(2-5)4(6)7;/h3H,2,5H2,1H3,(H2,6,7);1H. The number of hydrogen-bond donors (Lipinski definition) is 2. The summed E-state index contributed by atoms with van der Waals surface area (Å²) in [5.41, 5.74) is 9.90. The SMILES string of the molecule is CC(CN)C(N)=O.Cl. The van der Waals surface area contributed by atoms with Crippen molar-refractivity contribution >= 4 is 18.3 Å². The van der Waals surface area contributed by atoms with Crippen LogP contribution in [0.3, 0.4) is 0 Å². The summed E-state index contributed by atoms with van der Waals surface area (Å²) in [5, 5.41) is 0. The maximum absolute atomic E-state index is 10.1. The number of halogens is 1. The van der Waals surface area contributed by atoms with Gasteiger partial charge in [-0.15, -0.1) is 12.4 Å². The van der Waals surface area contributed by atoms with E-state index in [1.807, 2.05) is 0 Å². The monoisotopic (exact) mass is 138 g/mol. The maximum atomic E-state index is 10.1. The molecule has 0 aliphatic heterocycles. The van der Waals surface area contributed by atoms with Gasteiger partial charge in [0.25, 0.3) is 0 Å². The van der Waals surface area contributed by atoms with E-state index in [9.17, 15) is 4.79 Å². The van der Waals surface area contributed by atoms with Crippen molar-refractivity contribution in [2.45, 2.75) is 6.92 Å². The molecule has 4 N–H and O–H groups in total. The molecular weight excluding hydrogens is 128 g/mol. The number of nitrogens with two attached hydrogens (primary N) is 2. The zero-order chi connectivity index (χ0) is 5.86. The molecule has 0 aromatic heterocycles. The van der Waals surface area contributed by atoms with Crippen molar-refractivity contribution in [3.63, 3.8) is 0 Å². The van der Waals surface area contributed by atoms with Crippen LogP contribution in [0.4, 0.5) is 0 Å². The third-order valence-corrected chi connectivity index (χ3v) is 0.839. The van der Waals surface area contributed by atoms with Crippen molar-refractivity contribution in [2.75, 3.05) is 6.54 Å². The van der Waals surface area contributed by atoms with Gasteiger partial charge < -0.3 is 11.5 Å². The summed E-state index contributed by atoms with van der Waals surface area (Å²) in [6, 6.07) is 0. The third kappa shape index (κ3) is 3.89. The Kier molecular flexibility index (Phi) is 6.48. The Morgan fingerprint density at radius 1 is 1.75 bits per heavy atom. The Hall–Kier alpha value is -0.280. The summed E-state index contributed by atoms with van der Waals surface area (Å²) < 4.78 is 0. The second kappa shape index (κ2) is 4.87. The molecule has 0 aromatic carbocycles. The largest absolute Gasteiger partial charge is 0.369 e. The maximum Gasteiger partial charge on any atom is 0.221 e. The molecule has 50 valence electrons. The lowest BCUT2D eigenvalue weighted by atomic mass is 10.2. The van der Waals surface area contributed by atoms with Crippen LogP contribution in [0.25, 0.3) is 0 Å². The van der Waals surface area contributed by atoms with Crippen LogP contribution in [-0.4, -0.2) is 12.5 Å². The van der Waals surface area contributed by atoms with Crippen LogP contribution in [0.2, 0.25) is 0 Å². The Morgan fingerprint density at radius 3 is 2.12 bits per heavy atom. The van der Waals surface area contributed by atoms with Crippen LogP contribution in [0.1, 0.15) is 6.92 Å².